The van der Waals surface area contributed by atoms with Gasteiger partial charge in [-0.15, -0.1) is 11.3 Å². The molecular weight excluding hydrogens is 380 g/mol. The molecule has 0 radical (unpaired) electrons. The SMILES string of the molecule is Cc1cc(-c2ccc(C(=O)N3CCC(F)(F)CC3)cn2)cc2cc(CN)sc12. The molecule has 146 valence electrons. The van der Waals surface area contributed by atoms with Gasteiger partial charge in [0.05, 0.1) is 11.3 Å². The lowest BCUT2D eigenvalue weighted by Crippen LogP contribution is -2.42. The molecule has 3 aromatic rings. The van der Waals surface area contributed by atoms with E-state index < -0.39 is 5.92 Å². The monoisotopic (exact) mass is 401 g/mol. The highest BCUT2D eigenvalue weighted by Crippen LogP contribution is 2.33. The summed E-state index contributed by atoms with van der Waals surface area (Å²) in [5.74, 6) is -2.91. The highest BCUT2D eigenvalue weighted by molar-refractivity contribution is 7.19. The van der Waals surface area contributed by atoms with Crippen LogP contribution in [-0.2, 0) is 6.54 Å². The van der Waals surface area contributed by atoms with Gasteiger partial charge in [-0.3, -0.25) is 9.78 Å². The molecule has 1 amide bonds. The minimum Gasteiger partial charge on any atom is -0.338 e. The van der Waals surface area contributed by atoms with Gasteiger partial charge in [-0.2, -0.15) is 0 Å². The van der Waals surface area contributed by atoms with Crippen LogP contribution in [0.1, 0.15) is 33.6 Å². The van der Waals surface area contributed by atoms with Crippen LogP contribution in [0.2, 0.25) is 0 Å². The van der Waals surface area contributed by atoms with E-state index in [0.29, 0.717) is 12.1 Å². The van der Waals surface area contributed by atoms with Gasteiger partial charge in [0.1, 0.15) is 0 Å². The van der Waals surface area contributed by atoms with Gasteiger partial charge in [0.2, 0.25) is 0 Å². The number of pyridine rings is 1. The molecule has 28 heavy (non-hydrogen) atoms. The number of aryl methyl sites for hydroxylation is 1. The molecule has 1 aromatic carbocycles. The second-order valence-corrected chi connectivity index (χ2v) is 8.35. The van der Waals surface area contributed by atoms with E-state index in [1.54, 1.807) is 17.4 Å². The molecule has 0 unspecified atom stereocenters. The second kappa shape index (κ2) is 7.22. The first kappa shape index (κ1) is 19.0. The summed E-state index contributed by atoms with van der Waals surface area (Å²) >= 11 is 1.70. The Morgan fingerprint density at radius 1 is 1.25 bits per heavy atom. The largest absolute Gasteiger partial charge is 0.338 e. The quantitative estimate of drug-likeness (QED) is 0.698. The number of fused-ring (bicyclic) bond motifs is 1. The molecule has 1 fully saturated rings. The maximum atomic E-state index is 13.3. The van der Waals surface area contributed by atoms with Crippen molar-refractivity contribution in [1.82, 2.24) is 9.88 Å². The number of likely N-dealkylation sites (tertiary alicyclic amines) is 1. The van der Waals surface area contributed by atoms with Crippen LogP contribution in [0.4, 0.5) is 8.78 Å². The van der Waals surface area contributed by atoms with Gasteiger partial charge in [0.15, 0.2) is 0 Å². The predicted octanol–water partition coefficient (Wildman–Crippen LogP) is 4.60. The lowest BCUT2D eigenvalue weighted by molar-refractivity contribution is -0.0494. The number of rotatable bonds is 3. The second-order valence-electron chi connectivity index (χ2n) is 7.21. The molecular formula is C21H21F2N3OS. The number of hydrogen-bond acceptors (Lipinski definition) is 4. The molecule has 0 aliphatic carbocycles. The van der Waals surface area contributed by atoms with Crippen molar-refractivity contribution in [2.24, 2.45) is 5.73 Å². The third-order valence-electron chi connectivity index (χ3n) is 5.14. The van der Waals surface area contributed by atoms with E-state index in [1.165, 1.54) is 15.8 Å². The van der Waals surface area contributed by atoms with Gasteiger partial charge >= 0.3 is 0 Å². The zero-order chi connectivity index (χ0) is 19.9. The standard InChI is InChI=1S/C21H21F2N3OS/c1-13-8-15(9-16-10-17(11-24)28-19(13)16)18-3-2-14(12-25-18)20(27)26-6-4-21(22,23)5-7-26/h2-3,8-10,12H,4-7,11,24H2,1H3. The number of halogens is 2. The molecule has 0 bridgehead atoms. The average molecular weight is 401 g/mol. The summed E-state index contributed by atoms with van der Waals surface area (Å²) in [6.45, 7) is 2.73. The van der Waals surface area contributed by atoms with Crippen LogP contribution in [-0.4, -0.2) is 34.8 Å². The summed E-state index contributed by atoms with van der Waals surface area (Å²) in [6.07, 6.45) is 0.965. The van der Waals surface area contributed by atoms with E-state index >= 15 is 0 Å². The Balaban J connectivity index is 1.56. The van der Waals surface area contributed by atoms with Crippen LogP contribution in [0, 0.1) is 6.92 Å². The normalized spacial score (nSPS) is 16.5. The molecule has 0 atom stereocenters. The van der Waals surface area contributed by atoms with Crippen molar-refractivity contribution in [3.8, 4) is 11.3 Å². The van der Waals surface area contributed by atoms with E-state index in [0.717, 1.165) is 27.1 Å². The number of nitrogens with two attached hydrogens (primary N) is 1. The van der Waals surface area contributed by atoms with Crippen molar-refractivity contribution < 1.29 is 13.6 Å². The van der Waals surface area contributed by atoms with E-state index in [2.05, 4.69) is 30.1 Å². The number of hydrogen-bond donors (Lipinski definition) is 1. The van der Waals surface area contributed by atoms with E-state index in [-0.39, 0.29) is 31.8 Å². The number of piperidine rings is 1. The number of thiophene rings is 1. The minimum absolute atomic E-state index is 0.0745. The topological polar surface area (TPSA) is 59.2 Å². The number of amides is 1. The van der Waals surface area contributed by atoms with Crippen molar-refractivity contribution in [2.75, 3.05) is 13.1 Å². The summed E-state index contributed by atoms with van der Waals surface area (Å²) in [6, 6.07) is 9.78. The van der Waals surface area contributed by atoms with Gasteiger partial charge in [-0.1, -0.05) is 0 Å². The number of nitrogens with zero attached hydrogens (tertiary/aromatic N) is 2. The minimum atomic E-state index is -2.67. The number of benzene rings is 1. The molecule has 3 heterocycles. The Morgan fingerprint density at radius 3 is 2.64 bits per heavy atom. The average Bonchev–Trinajstić information content (AvgIpc) is 3.11. The fraction of sp³-hybridized carbons (Fsp3) is 0.333. The van der Waals surface area contributed by atoms with Crippen LogP contribution >= 0.6 is 11.3 Å². The van der Waals surface area contributed by atoms with Crippen molar-refractivity contribution in [1.29, 1.82) is 0 Å². The lowest BCUT2D eigenvalue weighted by atomic mass is 10.0. The van der Waals surface area contributed by atoms with E-state index in [1.807, 2.05) is 6.07 Å². The zero-order valence-electron chi connectivity index (χ0n) is 15.5. The first-order valence-electron chi connectivity index (χ1n) is 9.23. The molecule has 0 spiro atoms. The Kier molecular flexibility index (Phi) is 4.89. The number of carbonyl (C=O) groups excluding carboxylic acids is 1. The third kappa shape index (κ3) is 3.64. The Bertz CT molecular complexity index is 1020. The molecule has 1 saturated heterocycles. The molecule has 1 aliphatic heterocycles. The highest BCUT2D eigenvalue weighted by Gasteiger charge is 2.35. The predicted molar refractivity (Wildman–Crippen MR) is 108 cm³/mol. The first-order valence-corrected chi connectivity index (χ1v) is 10.0. The molecule has 4 rings (SSSR count). The van der Waals surface area contributed by atoms with Gasteiger partial charge in [0.25, 0.3) is 11.8 Å². The Hall–Kier alpha value is -2.38. The fourth-order valence-electron chi connectivity index (χ4n) is 3.54. The smallest absolute Gasteiger partial charge is 0.255 e. The van der Waals surface area contributed by atoms with Crippen LogP contribution in [0.25, 0.3) is 21.3 Å². The molecule has 7 heteroatoms. The molecule has 1 aliphatic rings. The van der Waals surface area contributed by atoms with Crippen LogP contribution < -0.4 is 5.73 Å². The zero-order valence-corrected chi connectivity index (χ0v) is 16.4. The van der Waals surface area contributed by atoms with Gasteiger partial charge in [-0.25, -0.2) is 8.78 Å². The maximum Gasteiger partial charge on any atom is 0.255 e. The lowest BCUT2D eigenvalue weighted by Gasteiger charge is -2.31. The maximum absolute atomic E-state index is 13.3. The van der Waals surface area contributed by atoms with Gasteiger partial charge < -0.3 is 10.6 Å². The summed E-state index contributed by atoms with van der Waals surface area (Å²) in [4.78, 5) is 19.6. The summed E-state index contributed by atoms with van der Waals surface area (Å²) in [5, 5.41) is 1.14. The Morgan fingerprint density at radius 2 is 2.00 bits per heavy atom. The van der Waals surface area contributed by atoms with Crippen LogP contribution in [0.3, 0.4) is 0 Å². The van der Waals surface area contributed by atoms with Gasteiger partial charge in [0, 0.05) is 53.8 Å². The summed E-state index contributed by atoms with van der Waals surface area (Å²) < 4.78 is 27.8. The third-order valence-corrected chi connectivity index (χ3v) is 6.45. The molecule has 0 saturated carbocycles. The van der Waals surface area contributed by atoms with Crippen molar-refractivity contribution >= 4 is 27.3 Å². The summed E-state index contributed by atoms with van der Waals surface area (Å²) in [7, 11) is 0. The molecule has 4 nitrogen and oxygen atoms in total. The molecule has 2 aromatic heterocycles. The summed E-state index contributed by atoms with van der Waals surface area (Å²) in [5.41, 5.74) is 9.08. The van der Waals surface area contributed by atoms with Crippen LogP contribution in [0.5, 0.6) is 0 Å². The van der Waals surface area contributed by atoms with Crippen molar-refractivity contribution in [3.63, 3.8) is 0 Å². The number of alkyl halides is 2. The Labute approximate surface area is 166 Å². The van der Waals surface area contributed by atoms with Crippen molar-refractivity contribution in [3.05, 3.63) is 52.5 Å². The molecule has 2 N–H and O–H groups in total. The highest BCUT2D eigenvalue weighted by atomic mass is 32.1. The van der Waals surface area contributed by atoms with E-state index in [9.17, 15) is 13.6 Å². The van der Waals surface area contributed by atoms with Crippen molar-refractivity contribution in [2.45, 2.75) is 32.2 Å². The first-order chi connectivity index (χ1) is 13.4. The van der Waals surface area contributed by atoms with Crippen LogP contribution in [0.15, 0.2) is 36.5 Å². The fourth-order valence-corrected chi connectivity index (χ4v) is 4.53. The van der Waals surface area contributed by atoms with E-state index in [4.69, 9.17) is 5.73 Å². The number of carbonyl (C=O) groups is 1. The number of aromatic nitrogens is 1. The van der Waals surface area contributed by atoms with Gasteiger partial charge in [-0.05, 0) is 48.2 Å².